The predicted molar refractivity (Wildman–Crippen MR) is 81.1 cm³/mol. The van der Waals surface area contributed by atoms with Crippen LogP contribution in [0.5, 0.6) is 0 Å². The maximum Gasteiger partial charge on any atom is 0.314 e. The molecule has 0 aliphatic carbocycles. The molecule has 0 spiro atoms. The molecule has 1 aliphatic heterocycles. The minimum atomic E-state index is -0.807. The standard InChI is InChI=1S/C14H16N4O4/c1-7(2)17-4-3-8-9(6-17)12-10(5-11(8)18(21)22)15-13(19)14(20)16-12/h5,7H,3-4,6H2,1-2H3,(H,15,19)(H,16,20). The zero-order valence-electron chi connectivity index (χ0n) is 12.3. The summed E-state index contributed by atoms with van der Waals surface area (Å²) in [6, 6.07) is 1.62. The molecule has 2 N–H and O–H groups in total. The zero-order valence-corrected chi connectivity index (χ0v) is 12.3. The number of H-pyrrole nitrogens is 2. The van der Waals surface area contributed by atoms with Gasteiger partial charge in [0.25, 0.3) is 5.69 Å². The van der Waals surface area contributed by atoms with Gasteiger partial charge in [-0.1, -0.05) is 0 Å². The maximum absolute atomic E-state index is 11.6. The molecule has 0 bridgehead atoms. The van der Waals surface area contributed by atoms with Gasteiger partial charge < -0.3 is 9.97 Å². The number of nitrogens with zero attached hydrogens (tertiary/aromatic N) is 2. The van der Waals surface area contributed by atoms with Crippen molar-refractivity contribution >= 4 is 16.7 Å². The Morgan fingerprint density at radius 2 is 1.91 bits per heavy atom. The van der Waals surface area contributed by atoms with Crippen molar-refractivity contribution in [1.29, 1.82) is 0 Å². The van der Waals surface area contributed by atoms with E-state index in [0.717, 1.165) is 12.1 Å². The molecule has 3 rings (SSSR count). The van der Waals surface area contributed by atoms with E-state index < -0.39 is 16.0 Å². The van der Waals surface area contributed by atoms with E-state index in [4.69, 9.17) is 0 Å². The summed E-state index contributed by atoms with van der Waals surface area (Å²) in [4.78, 5) is 41.1. The van der Waals surface area contributed by atoms with Gasteiger partial charge in [0, 0.05) is 36.3 Å². The van der Waals surface area contributed by atoms with Crippen molar-refractivity contribution in [3.05, 3.63) is 48.0 Å². The summed E-state index contributed by atoms with van der Waals surface area (Å²) in [5.41, 5.74) is 0.572. The first kappa shape index (κ1) is 14.5. The van der Waals surface area contributed by atoms with Crippen molar-refractivity contribution in [2.45, 2.75) is 32.9 Å². The second-order valence-corrected chi connectivity index (χ2v) is 5.75. The summed E-state index contributed by atoms with van der Waals surface area (Å²) in [6.07, 6.45) is 0.543. The molecule has 8 heteroatoms. The van der Waals surface area contributed by atoms with E-state index in [9.17, 15) is 19.7 Å². The third kappa shape index (κ3) is 2.21. The number of hydrogen-bond acceptors (Lipinski definition) is 5. The van der Waals surface area contributed by atoms with E-state index in [2.05, 4.69) is 28.7 Å². The molecular weight excluding hydrogens is 288 g/mol. The van der Waals surface area contributed by atoms with Crippen LogP contribution in [0.4, 0.5) is 5.69 Å². The average molecular weight is 304 g/mol. The quantitative estimate of drug-likeness (QED) is 0.486. The van der Waals surface area contributed by atoms with E-state index in [-0.39, 0.29) is 11.7 Å². The second-order valence-electron chi connectivity index (χ2n) is 5.75. The highest BCUT2D eigenvalue weighted by Crippen LogP contribution is 2.33. The van der Waals surface area contributed by atoms with Gasteiger partial charge in [-0.05, 0) is 20.3 Å². The molecule has 2 aromatic rings. The van der Waals surface area contributed by atoms with Crippen LogP contribution in [0.3, 0.4) is 0 Å². The monoisotopic (exact) mass is 304 g/mol. The van der Waals surface area contributed by atoms with Crippen LogP contribution in [0.1, 0.15) is 25.0 Å². The van der Waals surface area contributed by atoms with Gasteiger partial charge in [0.2, 0.25) is 0 Å². The van der Waals surface area contributed by atoms with E-state index in [1.807, 2.05) is 0 Å². The molecule has 0 fully saturated rings. The first-order chi connectivity index (χ1) is 10.4. The van der Waals surface area contributed by atoms with Crippen LogP contribution in [-0.4, -0.2) is 32.4 Å². The van der Waals surface area contributed by atoms with Gasteiger partial charge in [0.05, 0.1) is 16.0 Å². The number of nitro benzene ring substituents is 1. The molecule has 1 aliphatic rings. The number of nitro groups is 1. The van der Waals surface area contributed by atoms with Crippen molar-refractivity contribution < 1.29 is 4.92 Å². The SMILES string of the molecule is CC(C)N1CCc2c([N+](=O)[O-])cc3[nH]c(=O)c(=O)[nH]c3c2C1. The Bertz CT molecular complexity index is 881. The van der Waals surface area contributed by atoms with Gasteiger partial charge in [-0.3, -0.25) is 24.6 Å². The van der Waals surface area contributed by atoms with Crippen LogP contribution in [0.25, 0.3) is 11.0 Å². The lowest BCUT2D eigenvalue weighted by atomic mass is 9.95. The summed E-state index contributed by atoms with van der Waals surface area (Å²) in [5.74, 6) is 0. The fourth-order valence-corrected chi connectivity index (χ4v) is 2.95. The van der Waals surface area contributed by atoms with E-state index in [0.29, 0.717) is 29.6 Å². The lowest BCUT2D eigenvalue weighted by molar-refractivity contribution is -0.385. The number of nitrogens with one attached hydrogen (secondary N) is 2. The van der Waals surface area contributed by atoms with E-state index in [1.165, 1.54) is 6.07 Å². The number of fused-ring (bicyclic) bond motifs is 3. The van der Waals surface area contributed by atoms with Gasteiger partial charge in [-0.15, -0.1) is 0 Å². The highest BCUT2D eigenvalue weighted by Gasteiger charge is 2.28. The Labute approximate surface area is 124 Å². The Kier molecular flexibility index (Phi) is 3.32. The minimum absolute atomic E-state index is 0.00592. The van der Waals surface area contributed by atoms with Crippen molar-refractivity contribution in [1.82, 2.24) is 14.9 Å². The van der Waals surface area contributed by atoms with E-state index >= 15 is 0 Å². The smallest absolute Gasteiger partial charge is 0.314 e. The minimum Gasteiger partial charge on any atom is -0.316 e. The lowest BCUT2D eigenvalue weighted by Crippen LogP contribution is -2.37. The van der Waals surface area contributed by atoms with Gasteiger partial charge >= 0.3 is 11.1 Å². The molecule has 0 saturated heterocycles. The van der Waals surface area contributed by atoms with Crippen LogP contribution in [0.2, 0.25) is 0 Å². The highest BCUT2D eigenvalue weighted by atomic mass is 16.6. The summed E-state index contributed by atoms with van der Waals surface area (Å²) < 4.78 is 0. The lowest BCUT2D eigenvalue weighted by Gasteiger charge is -2.32. The Balaban J connectivity index is 2.34. The van der Waals surface area contributed by atoms with Gasteiger partial charge in [0.1, 0.15) is 0 Å². The average Bonchev–Trinajstić information content (AvgIpc) is 2.47. The number of aromatic amines is 2. The summed E-state index contributed by atoms with van der Waals surface area (Å²) in [6.45, 7) is 5.34. The maximum atomic E-state index is 11.6. The summed E-state index contributed by atoms with van der Waals surface area (Å²) in [7, 11) is 0. The number of hydrogen-bond donors (Lipinski definition) is 2. The molecule has 0 atom stereocenters. The zero-order chi connectivity index (χ0) is 16.0. The number of aromatic nitrogens is 2. The Hall–Kier alpha value is -2.48. The first-order valence-electron chi connectivity index (χ1n) is 7.08. The molecule has 22 heavy (non-hydrogen) atoms. The number of rotatable bonds is 2. The topological polar surface area (TPSA) is 112 Å². The van der Waals surface area contributed by atoms with Crippen LogP contribution in [0.15, 0.2) is 15.7 Å². The van der Waals surface area contributed by atoms with Crippen LogP contribution in [-0.2, 0) is 13.0 Å². The van der Waals surface area contributed by atoms with Crippen molar-refractivity contribution in [2.75, 3.05) is 6.54 Å². The fraction of sp³-hybridized carbons (Fsp3) is 0.429. The van der Waals surface area contributed by atoms with Crippen molar-refractivity contribution in [2.24, 2.45) is 0 Å². The predicted octanol–water partition coefficient (Wildman–Crippen LogP) is 0.891. The molecule has 1 aromatic heterocycles. The molecule has 0 unspecified atom stereocenters. The van der Waals surface area contributed by atoms with Crippen LogP contribution in [0, 0.1) is 10.1 Å². The van der Waals surface area contributed by atoms with Crippen LogP contribution < -0.4 is 11.1 Å². The van der Waals surface area contributed by atoms with Gasteiger partial charge in [0.15, 0.2) is 0 Å². The fourth-order valence-electron chi connectivity index (χ4n) is 2.95. The van der Waals surface area contributed by atoms with Crippen molar-refractivity contribution in [3.8, 4) is 0 Å². The van der Waals surface area contributed by atoms with Gasteiger partial charge in [-0.25, -0.2) is 0 Å². The molecular formula is C14H16N4O4. The third-order valence-electron chi connectivity index (χ3n) is 4.16. The third-order valence-corrected chi connectivity index (χ3v) is 4.16. The van der Waals surface area contributed by atoms with E-state index in [1.54, 1.807) is 0 Å². The molecule has 116 valence electrons. The highest BCUT2D eigenvalue weighted by molar-refractivity contribution is 5.83. The van der Waals surface area contributed by atoms with Gasteiger partial charge in [-0.2, -0.15) is 0 Å². The Morgan fingerprint density at radius 1 is 1.23 bits per heavy atom. The summed E-state index contributed by atoms with van der Waals surface area (Å²) >= 11 is 0. The Morgan fingerprint density at radius 3 is 2.55 bits per heavy atom. The molecule has 0 radical (unpaired) electrons. The van der Waals surface area contributed by atoms with Crippen LogP contribution >= 0.6 is 0 Å². The molecule has 2 heterocycles. The molecule has 1 aromatic carbocycles. The van der Waals surface area contributed by atoms with Crippen molar-refractivity contribution in [3.63, 3.8) is 0 Å². The molecule has 8 nitrogen and oxygen atoms in total. The molecule has 0 amide bonds. The largest absolute Gasteiger partial charge is 0.316 e. The second kappa shape index (κ2) is 5.06. The molecule has 0 saturated carbocycles. The first-order valence-corrected chi connectivity index (χ1v) is 7.08. The normalized spacial score (nSPS) is 15.2. The number of benzene rings is 1. The summed E-state index contributed by atoms with van der Waals surface area (Å²) in [5, 5.41) is 11.3.